The Hall–Kier alpha value is -1.12. The Bertz CT molecular complexity index is 237. The van der Waals surface area contributed by atoms with Crippen molar-refractivity contribution in [3.05, 3.63) is 23.7 Å². The number of hydrogen-bond acceptors (Lipinski definition) is 3. The largest absolute Gasteiger partial charge is 0.384 e. The lowest BCUT2D eigenvalue weighted by Gasteiger charge is -2.25. The van der Waals surface area contributed by atoms with E-state index >= 15 is 0 Å². The molecule has 1 fully saturated rings. The number of rotatable bonds is 1. The highest BCUT2D eigenvalue weighted by Gasteiger charge is 2.17. The molecule has 1 aliphatic carbocycles. The fourth-order valence-electron chi connectivity index (χ4n) is 2.13. The summed E-state index contributed by atoms with van der Waals surface area (Å²) in [6.07, 6.45) is 10.8. The Morgan fingerprint density at radius 3 is 2.69 bits per heavy atom. The van der Waals surface area contributed by atoms with E-state index in [1.54, 1.807) is 0 Å². The topological polar surface area (TPSA) is 50.1 Å². The van der Waals surface area contributed by atoms with Gasteiger partial charge in [-0.25, -0.2) is 0 Å². The highest BCUT2D eigenvalue weighted by atomic mass is 15.4. The van der Waals surface area contributed by atoms with E-state index < -0.39 is 0 Å². The summed E-state index contributed by atoms with van der Waals surface area (Å²) in [6, 6.07) is 0. The molecule has 0 spiro atoms. The molecule has 72 valence electrons. The molecule has 3 nitrogen and oxygen atoms in total. The van der Waals surface area contributed by atoms with Crippen LogP contribution >= 0.6 is 0 Å². The van der Waals surface area contributed by atoms with E-state index in [0.717, 1.165) is 11.7 Å². The predicted molar refractivity (Wildman–Crippen MR) is 53.2 cm³/mol. The summed E-state index contributed by atoms with van der Waals surface area (Å²) in [5.74, 6) is 1.45. The average molecular weight is 179 g/mol. The van der Waals surface area contributed by atoms with Crippen molar-refractivity contribution in [2.24, 2.45) is 11.7 Å². The van der Waals surface area contributed by atoms with Crippen LogP contribution in [0.4, 0.5) is 0 Å². The zero-order chi connectivity index (χ0) is 9.10. The van der Waals surface area contributed by atoms with Gasteiger partial charge in [0.2, 0.25) is 0 Å². The lowest BCUT2D eigenvalue weighted by Crippen LogP contribution is -2.34. The Labute approximate surface area is 79.0 Å². The van der Waals surface area contributed by atoms with Gasteiger partial charge in [0.25, 0.3) is 0 Å². The molecule has 13 heavy (non-hydrogen) atoms. The van der Waals surface area contributed by atoms with Gasteiger partial charge in [-0.15, -0.1) is 0 Å². The molecule has 0 amide bonds. The van der Waals surface area contributed by atoms with Crippen LogP contribution in [0.3, 0.4) is 0 Å². The normalized spacial score (nSPS) is 24.0. The van der Waals surface area contributed by atoms with Crippen molar-refractivity contribution >= 4 is 0 Å². The van der Waals surface area contributed by atoms with E-state index in [2.05, 4.69) is 10.9 Å². The van der Waals surface area contributed by atoms with Gasteiger partial charge in [-0.2, -0.15) is 0 Å². The van der Waals surface area contributed by atoms with Crippen LogP contribution in [0.5, 0.6) is 0 Å². The van der Waals surface area contributed by atoms with Crippen LogP contribution in [0.1, 0.15) is 32.1 Å². The minimum atomic E-state index is 0.724. The zero-order valence-corrected chi connectivity index (χ0v) is 7.84. The molecule has 3 heteroatoms. The minimum absolute atomic E-state index is 0.724. The van der Waals surface area contributed by atoms with Crippen LogP contribution in [0.2, 0.25) is 0 Å². The van der Waals surface area contributed by atoms with Gasteiger partial charge < -0.3 is 11.2 Å². The Morgan fingerprint density at radius 1 is 1.23 bits per heavy atom. The van der Waals surface area contributed by atoms with Gasteiger partial charge in [0.05, 0.1) is 0 Å². The van der Waals surface area contributed by atoms with Gasteiger partial charge in [-0.3, -0.25) is 5.43 Å². The predicted octanol–water partition coefficient (Wildman–Crippen LogP) is 1.36. The third kappa shape index (κ3) is 1.97. The summed E-state index contributed by atoms with van der Waals surface area (Å²) in [6.45, 7) is 0. The van der Waals surface area contributed by atoms with Gasteiger partial charge in [-0.1, -0.05) is 19.3 Å². The van der Waals surface area contributed by atoms with Crippen molar-refractivity contribution in [2.75, 3.05) is 0 Å². The van der Waals surface area contributed by atoms with Crippen molar-refractivity contribution in [2.45, 2.75) is 32.1 Å². The number of nitrogens with one attached hydrogen (secondary N) is 2. The van der Waals surface area contributed by atoms with Gasteiger partial charge in [0, 0.05) is 6.20 Å². The lowest BCUT2D eigenvalue weighted by atomic mass is 9.84. The van der Waals surface area contributed by atoms with Gasteiger partial charge in [0.15, 0.2) is 0 Å². The minimum Gasteiger partial charge on any atom is -0.384 e. The van der Waals surface area contributed by atoms with Crippen LogP contribution in [-0.4, -0.2) is 0 Å². The summed E-state index contributed by atoms with van der Waals surface area (Å²) in [5.41, 5.74) is 12.9. The van der Waals surface area contributed by atoms with Crippen LogP contribution in [0, 0.1) is 5.92 Å². The molecule has 4 N–H and O–H groups in total. The highest BCUT2D eigenvalue weighted by molar-refractivity contribution is 5.26. The molecule has 2 rings (SSSR count). The highest BCUT2D eigenvalue weighted by Crippen LogP contribution is 2.30. The first kappa shape index (κ1) is 8.48. The third-order valence-corrected chi connectivity index (χ3v) is 2.85. The fourth-order valence-corrected chi connectivity index (χ4v) is 2.13. The molecule has 0 aromatic heterocycles. The Morgan fingerprint density at radius 2 is 2.00 bits per heavy atom. The van der Waals surface area contributed by atoms with Crippen molar-refractivity contribution < 1.29 is 0 Å². The first-order valence-electron chi connectivity index (χ1n) is 5.05. The molecule has 0 saturated heterocycles. The number of hydrogen-bond donors (Lipinski definition) is 3. The van der Waals surface area contributed by atoms with Crippen LogP contribution < -0.4 is 16.6 Å². The molecule has 0 unspecified atom stereocenters. The van der Waals surface area contributed by atoms with Crippen LogP contribution in [-0.2, 0) is 0 Å². The molecule has 1 heterocycles. The standard InChI is InChI=1S/C10H17N3/c11-10-6-9(7-12-13-10)8-4-2-1-3-5-8/h6-8,12-13H,1-5,11H2. The summed E-state index contributed by atoms with van der Waals surface area (Å²) in [4.78, 5) is 0. The van der Waals surface area contributed by atoms with Crippen molar-refractivity contribution in [3.8, 4) is 0 Å². The second-order valence-corrected chi connectivity index (χ2v) is 3.85. The van der Waals surface area contributed by atoms with E-state index in [9.17, 15) is 0 Å². The monoisotopic (exact) mass is 179 g/mol. The molecule has 1 saturated carbocycles. The van der Waals surface area contributed by atoms with E-state index in [1.807, 2.05) is 12.3 Å². The number of nitrogens with two attached hydrogens (primary N) is 1. The molecular weight excluding hydrogens is 162 g/mol. The van der Waals surface area contributed by atoms with Gasteiger partial charge in [0.1, 0.15) is 5.82 Å². The molecule has 0 bridgehead atoms. The molecule has 0 aromatic carbocycles. The van der Waals surface area contributed by atoms with E-state index in [0.29, 0.717) is 0 Å². The van der Waals surface area contributed by atoms with E-state index in [4.69, 9.17) is 5.73 Å². The second kappa shape index (κ2) is 3.73. The first-order valence-corrected chi connectivity index (χ1v) is 5.05. The van der Waals surface area contributed by atoms with Crippen LogP contribution in [0.15, 0.2) is 23.7 Å². The Kier molecular flexibility index (Phi) is 2.43. The molecule has 0 aromatic rings. The molecule has 0 radical (unpaired) electrons. The maximum atomic E-state index is 5.68. The summed E-state index contributed by atoms with van der Waals surface area (Å²) in [5, 5.41) is 0. The number of hydrazine groups is 1. The van der Waals surface area contributed by atoms with Crippen molar-refractivity contribution in [1.29, 1.82) is 0 Å². The smallest absolute Gasteiger partial charge is 0.115 e. The maximum absolute atomic E-state index is 5.68. The lowest BCUT2D eigenvalue weighted by molar-refractivity contribution is 0.404. The molecule has 0 atom stereocenters. The molecule has 2 aliphatic rings. The average Bonchev–Trinajstić information content (AvgIpc) is 2.19. The molecule has 1 aliphatic heterocycles. The molecular formula is C10H17N3. The van der Waals surface area contributed by atoms with Crippen LogP contribution in [0.25, 0.3) is 0 Å². The first-order chi connectivity index (χ1) is 6.36. The summed E-state index contributed by atoms with van der Waals surface area (Å²) in [7, 11) is 0. The quantitative estimate of drug-likeness (QED) is 0.569. The van der Waals surface area contributed by atoms with Crippen molar-refractivity contribution in [1.82, 2.24) is 10.9 Å². The number of allylic oxidation sites excluding steroid dienone is 2. The summed E-state index contributed by atoms with van der Waals surface area (Å²) < 4.78 is 0. The zero-order valence-electron chi connectivity index (χ0n) is 7.84. The van der Waals surface area contributed by atoms with Crippen molar-refractivity contribution in [3.63, 3.8) is 0 Å². The van der Waals surface area contributed by atoms with Gasteiger partial charge >= 0.3 is 0 Å². The maximum Gasteiger partial charge on any atom is 0.115 e. The second-order valence-electron chi connectivity index (χ2n) is 3.85. The van der Waals surface area contributed by atoms with Gasteiger partial charge in [-0.05, 0) is 30.4 Å². The van der Waals surface area contributed by atoms with E-state index in [1.165, 1.54) is 37.7 Å². The third-order valence-electron chi connectivity index (χ3n) is 2.85. The fraction of sp³-hybridized carbons (Fsp3) is 0.600. The Balaban J connectivity index is 2.02. The summed E-state index contributed by atoms with van der Waals surface area (Å²) >= 11 is 0. The SMILES string of the molecule is NC1=CC(C2CCCCC2)=CNN1. The van der Waals surface area contributed by atoms with E-state index in [-0.39, 0.29) is 0 Å².